The van der Waals surface area contributed by atoms with Crippen LogP contribution in [0, 0.1) is 5.41 Å². The number of hydrogen-bond donors (Lipinski definition) is 1. The number of fused-ring (bicyclic) bond motifs is 1. The summed E-state index contributed by atoms with van der Waals surface area (Å²) in [5.41, 5.74) is 3.86. The Kier molecular flexibility index (Phi) is 15.0. The van der Waals surface area contributed by atoms with E-state index in [9.17, 15) is 4.79 Å². The molecule has 0 bridgehead atoms. The second kappa shape index (κ2) is 20.5. The number of amides is 1. The van der Waals surface area contributed by atoms with Gasteiger partial charge >= 0.3 is 0 Å². The first-order chi connectivity index (χ1) is 28.6. The summed E-state index contributed by atoms with van der Waals surface area (Å²) in [6, 6.07) is 39.0. The fraction of sp³-hybridized carbons (Fsp3) is 0.479. The Morgan fingerprint density at radius 3 is 1.71 bits per heavy atom. The van der Waals surface area contributed by atoms with Crippen molar-refractivity contribution in [3.8, 4) is 0 Å². The molecule has 1 amide bonds. The molecule has 3 heterocycles. The summed E-state index contributed by atoms with van der Waals surface area (Å²) >= 11 is 0. The zero-order valence-electron chi connectivity index (χ0n) is 34.7. The van der Waals surface area contributed by atoms with Crippen LogP contribution in [0.5, 0.6) is 0 Å². The van der Waals surface area contributed by atoms with Gasteiger partial charge in [-0.25, -0.2) is 0 Å². The third kappa shape index (κ3) is 11.8. The van der Waals surface area contributed by atoms with E-state index in [2.05, 4.69) is 26.1 Å². The first-order valence-corrected chi connectivity index (χ1v) is 20.7. The maximum atomic E-state index is 13.0. The molecule has 0 saturated carbocycles. The fourth-order valence-electron chi connectivity index (χ4n) is 7.66. The lowest BCUT2D eigenvalue weighted by molar-refractivity contribution is -0.382. The van der Waals surface area contributed by atoms with Crippen molar-refractivity contribution < 1.29 is 47.4 Å². The quantitative estimate of drug-likeness (QED) is 0.121. The Labute approximate surface area is 348 Å². The van der Waals surface area contributed by atoms with Crippen LogP contribution in [0.15, 0.2) is 121 Å². The predicted octanol–water partition coefficient (Wildman–Crippen LogP) is 7.67. The Morgan fingerprint density at radius 1 is 0.644 bits per heavy atom. The molecule has 0 aliphatic carbocycles. The summed E-state index contributed by atoms with van der Waals surface area (Å²) in [7, 11) is 0. The minimum absolute atomic E-state index is 0.0137. The van der Waals surface area contributed by atoms with E-state index in [1.54, 1.807) is 0 Å². The molecule has 316 valence electrons. The van der Waals surface area contributed by atoms with E-state index in [4.69, 9.17) is 42.6 Å². The molecule has 1 unspecified atom stereocenters. The van der Waals surface area contributed by atoms with Crippen LogP contribution in [-0.2, 0) is 67.2 Å². The van der Waals surface area contributed by atoms with Crippen molar-refractivity contribution in [1.29, 1.82) is 0 Å². The third-order valence-electron chi connectivity index (χ3n) is 10.8. The van der Waals surface area contributed by atoms with Gasteiger partial charge in [-0.05, 0) is 35.4 Å². The summed E-state index contributed by atoms with van der Waals surface area (Å²) < 4.78 is 60.5. The Bertz CT molecular complexity index is 1850. The van der Waals surface area contributed by atoms with Crippen LogP contribution >= 0.6 is 0 Å². The lowest BCUT2D eigenvalue weighted by atomic mass is 9.92. The van der Waals surface area contributed by atoms with Crippen LogP contribution in [0.2, 0.25) is 0 Å². The van der Waals surface area contributed by atoms with Gasteiger partial charge in [-0.15, -0.1) is 0 Å². The van der Waals surface area contributed by atoms with Crippen molar-refractivity contribution in [3.63, 3.8) is 0 Å². The number of nitrogens with one attached hydrogen (secondary N) is 1. The maximum absolute atomic E-state index is 13.0. The highest BCUT2D eigenvalue weighted by atomic mass is 16.8. The number of carbonyl (C=O) groups is 1. The zero-order valence-corrected chi connectivity index (χ0v) is 34.7. The van der Waals surface area contributed by atoms with Crippen LogP contribution < -0.4 is 5.32 Å². The van der Waals surface area contributed by atoms with Gasteiger partial charge in [-0.1, -0.05) is 142 Å². The average molecular weight is 810 g/mol. The van der Waals surface area contributed by atoms with E-state index in [0.29, 0.717) is 19.8 Å². The Morgan fingerprint density at radius 2 is 1.17 bits per heavy atom. The van der Waals surface area contributed by atoms with Crippen molar-refractivity contribution in [2.45, 2.75) is 128 Å². The van der Waals surface area contributed by atoms with Gasteiger partial charge in [0.1, 0.15) is 42.7 Å². The largest absolute Gasteiger partial charge is 0.368 e. The smallest absolute Gasteiger partial charge is 0.217 e. The monoisotopic (exact) mass is 809 g/mol. The van der Waals surface area contributed by atoms with Gasteiger partial charge in [0, 0.05) is 12.5 Å². The molecule has 59 heavy (non-hydrogen) atoms. The minimum atomic E-state index is -0.997. The highest BCUT2D eigenvalue weighted by Crippen LogP contribution is 2.39. The summed E-state index contributed by atoms with van der Waals surface area (Å²) in [6.45, 7) is 11.4. The van der Waals surface area contributed by atoms with Crippen LogP contribution in [0.3, 0.4) is 0 Å². The summed E-state index contributed by atoms with van der Waals surface area (Å²) in [4.78, 5) is 13.0. The van der Waals surface area contributed by atoms with Gasteiger partial charge in [0.25, 0.3) is 0 Å². The van der Waals surface area contributed by atoms with E-state index in [-0.39, 0.29) is 24.5 Å². The fourth-order valence-corrected chi connectivity index (χ4v) is 7.66. The topological polar surface area (TPSA) is 112 Å². The maximum Gasteiger partial charge on any atom is 0.217 e. The van der Waals surface area contributed by atoms with Crippen LogP contribution in [-0.4, -0.2) is 80.5 Å². The zero-order chi connectivity index (χ0) is 41.2. The van der Waals surface area contributed by atoms with Crippen LogP contribution in [0.1, 0.15) is 69.6 Å². The lowest BCUT2D eigenvalue weighted by Crippen LogP contribution is -2.69. The molecule has 3 saturated heterocycles. The molecule has 7 rings (SSSR count). The molecular formula is C48H59NO10. The Hall–Kier alpha value is -4.01. The number of carbonyl (C=O) groups excluding carboxylic acids is 1. The van der Waals surface area contributed by atoms with Crippen molar-refractivity contribution in [2.75, 3.05) is 13.2 Å². The average Bonchev–Trinajstić information content (AvgIpc) is 3.24. The second-order valence-corrected chi connectivity index (χ2v) is 16.7. The molecule has 4 aromatic carbocycles. The third-order valence-corrected chi connectivity index (χ3v) is 10.8. The standard InChI is InChI=1S/C48H59NO10/c1-32-40(52-28-34-18-10-6-11-19-34)43(53-29-35-20-12-7-13-21-35)44(54-30-36-22-14-8-15-23-36)47(56-32)59-42-39(49-33(2)50)46(51-27-26-48(3,4)5)57-38-31-55-45(58-41(38)42)37-24-16-9-17-25-37/h6-25,32,38-47H,26-31H2,1-5H3,(H,49,50)/t32-,38+,39+,40+,41+,42+,43+,44-,45?,46+,47-/m0/s1. The van der Waals surface area contributed by atoms with E-state index < -0.39 is 67.6 Å². The summed E-state index contributed by atoms with van der Waals surface area (Å²) in [5.74, 6) is -0.269. The highest BCUT2D eigenvalue weighted by Gasteiger charge is 2.55. The number of hydrogen-bond acceptors (Lipinski definition) is 10. The molecule has 1 N–H and O–H groups in total. The van der Waals surface area contributed by atoms with Gasteiger partial charge in [0.2, 0.25) is 5.91 Å². The first kappa shape index (κ1) is 43.1. The normalized spacial score (nSPS) is 29.7. The molecular weight excluding hydrogens is 751 g/mol. The Balaban J connectivity index is 1.24. The van der Waals surface area contributed by atoms with Crippen LogP contribution in [0.25, 0.3) is 0 Å². The number of benzene rings is 4. The van der Waals surface area contributed by atoms with E-state index in [1.807, 2.05) is 128 Å². The van der Waals surface area contributed by atoms with Gasteiger partial charge in [-0.3, -0.25) is 4.79 Å². The molecule has 3 aliphatic heterocycles. The molecule has 0 radical (unpaired) electrons. The number of rotatable bonds is 16. The molecule has 4 aromatic rings. The van der Waals surface area contributed by atoms with Crippen molar-refractivity contribution in [2.24, 2.45) is 5.41 Å². The molecule has 11 nitrogen and oxygen atoms in total. The van der Waals surface area contributed by atoms with Crippen molar-refractivity contribution in [3.05, 3.63) is 144 Å². The summed E-state index contributed by atoms with van der Waals surface area (Å²) in [6.07, 6.45) is -6.37. The van der Waals surface area contributed by atoms with Crippen LogP contribution in [0.4, 0.5) is 0 Å². The molecule has 3 fully saturated rings. The molecule has 0 spiro atoms. The van der Waals surface area contributed by atoms with Gasteiger partial charge in [-0.2, -0.15) is 0 Å². The van der Waals surface area contributed by atoms with Crippen molar-refractivity contribution >= 4 is 5.91 Å². The predicted molar refractivity (Wildman–Crippen MR) is 221 cm³/mol. The molecule has 0 aromatic heterocycles. The number of ether oxygens (including phenoxy) is 9. The minimum Gasteiger partial charge on any atom is -0.368 e. The SMILES string of the molecule is CC(=O)N[C@H]1[C@H](OCCC(C)(C)C)O[C@@H]2COC(c3ccccc3)O[C@H]2[C@@H]1O[C@@H]1O[C@@H](C)[C@@H](OCc2ccccc2)[C@@H](OCc2ccccc2)[C@@H]1OCc1ccccc1. The van der Waals surface area contributed by atoms with E-state index in [0.717, 1.165) is 28.7 Å². The molecule has 3 aliphatic rings. The van der Waals surface area contributed by atoms with Gasteiger partial charge in [0.05, 0.1) is 39.1 Å². The second-order valence-electron chi connectivity index (χ2n) is 16.7. The van der Waals surface area contributed by atoms with E-state index >= 15 is 0 Å². The molecule has 11 atom stereocenters. The van der Waals surface area contributed by atoms with Gasteiger partial charge < -0.3 is 47.9 Å². The molecule has 11 heteroatoms. The first-order valence-electron chi connectivity index (χ1n) is 20.7. The lowest BCUT2D eigenvalue weighted by Gasteiger charge is -2.52. The highest BCUT2D eigenvalue weighted by molar-refractivity contribution is 5.73. The van der Waals surface area contributed by atoms with Gasteiger partial charge in [0.15, 0.2) is 18.9 Å². The van der Waals surface area contributed by atoms with E-state index in [1.165, 1.54) is 6.92 Å². The summed E-state index contributed by atoms with van der Waals surface area (Å²) in [5, 5.41) is 3.11. The van der Waals surface area contributed by atoms with Crippen molar-refractivity contribution in [1.82, 2.24) is 5.32 Å².